The Bertz CT molecular complexity index is 265. The molecule has 1 rings (SSSR count). The average molecular weight is 214 g/mol. The predicted octanol–water partition coefficient (Wildman–Crippen LogP) is 1.23. The molecule has 0 bridgehead atoms. The molecule has 0 aromatic rings. The van der Waals surface area contributed by atoms with Crippen molar-refractivity contribution in [1.29, 1.82) is 0 Å². The quantitative estimate of drug-likeness (QED) is 0.676. The van der Waals surface area contributed by atoms with Crippen molar-refractivity contribution in [3.8, 4) is 0 Å². The van der Waals surface area contributed by atoms with Crippen LogP contribution in [0, 0.1) is 0 Å². The van der Waals surface area contributed by atoms with Crippen molar-refractivity contribution in [2.75, 3.05) is 27.7 Å². The summed E-state index contributed by atoms with van der Waals surface area (Å²) in [4.78, 5) is 10.7. The summed E-state index contributed by atoms with van der Waals surface area (Å²) in [5.74, 6) is 0.156. The van der Waals surface area contributed by atoms with E-state index >= 15 is 0 Å². The van der Waals surface area contributed by atoms with E-state index in [9.17, 15) is 4.79 Å². The summed E-state index contributed by atoms with van der Waals surface area (Å²) in [6.07, 6.45) is 3.89. The minimum atomic E-state index is -0.798. The van der Waals surface area contributed by atoms with Crippen LogP contribution >= 0.6 is 0 Å². The summed E-state index contributed by atoms with van der Waals surface area (Å²) in [6.45, 7) is 0.712. The number of nitrogens with zero attached hydrogens (tertiary/aromatic N) is 1. The number of rotatable bonds is 6. The van der Waals surface area contributed by atoms with Gasteiger partial charge in [0.2, 0.25) is 0 Å². The average Bonchev–Trinajstić information content (AvgIpc) is 1.91. The van der Waals surface area contributed by atoms with Crippen molar-refractivity contribution in [3.63, 3.8) is 0 Å². The maximum atomic E-state index is 10.7. The van der Waals surface area contributed by atoms with Gasteiger partial charge in [-0.2, -0.15) is 0 Å². The van der Waals surface area contributed by atoms with Crippen LogP contribution in [0.4, 0.5) is 0 Å². The fourth-order valence-corrected chi connectivity index (χ4v) is 1.53. The van der Waals surface area contributed by atoms with E-state index in [0.717, 1.165) is 18.6 Å². The molecule has 86 valence electrons. The number of quaternary nitrogens is 1. The summed E-state index contributed by atoms with van der Waals surface area (Å²) in [5, 5.41) is 8.78. The van der Waals surface area contributed by atoms with Gasteiger partial charge in [-0.3, -0.25) is 4.79 Å². The number of hydrogen-bond acceptors (Lipinski definition) is 2. The molecule has 0 amide bonds. The Morgan fingerprint density at radius 2 is 2.20 bits per heavy atom. The minimum absolute atomic E-state index is 0.0762. The molecule has 0 fully saturated rings. The SMILES string of the molecule is C[N+](C)(C)C[C@@H](CC(=O)O)OC1=CCC1. The zero-order chi connectivity index (χ0) is 11.5. The van der Waals surface area contributed by atoms with Gasteiger partial charge in [-0.25, -0.2) is 0 Å². The molecule has 4 heteroatoms. The van der Waals surface area contributed by atoms with Gasteiger partial charge in [0, 0.05) is 6.42 Å². The molecule has 0 saturated heterocycles. The van der Waals surface area contributed by atoms with Crippen molar-refractivity contribution < 1.29 is 19.1 Å². The zero-order valence-electron chi connectivity index (χ0n) is 9.69. The Labute approximate surface area is 90.7 Å². The van der Waals surface area contributed by atoms with E-state index < -0.39 is 5.97 Å². The predicted molar refractivity (Wildman–Crippen MR) is 57.3 cm³/mol. The first-order valence-corrected chi connectivity index (χ1v) is 5.25. The minimum Gasteiger partial charge on any atom is -0.489 e. The van der Waals surface area contributed by atoms with E-state index in [1.807, 2.05) is 27.2 Å². The maximum absolute atomic E-state index is 10.7. The Kier molecular flexibility index (Phi) is 3.74. The molecule has 0 aliphatic heterocycles. The number of likely N-dealkylation sites (N-methyl/N-ethyl adjacent to an activating group) is 1. The van der Waals surface area contributed by atoms with E-state index in [4.69, 9.17) is 9.84 Å². The van der Waals surface area contributed by atoms with Crippen LogP contribution in [0.2, 0.25) is 0 Å². The molecule has 0 saturated carbocycles. The van der Waals surface area contributed by atoms with Gasteiger partial charge in [-0.05, 0) is 12.5 Å². The number of hydrogen-bond donors (Lipinski definition) is 1. The van der Waals surface area contributed by atoms with Gasteiger partial charge in [0.05, 0.1) is 33.3 Å². The lowest BCUT2D eigenvalue weighted by atomic mass is 10.1. The van der Waals surface area contributed by atoms with Crippen LogP contribution < -0.4 is 0 Å². The molecule has 15 heavy (non-hydrogen) atoms. The van der Waals surface area contributed by atoms with Gasteiger partial charge < -0.3 is 14.3 Å². The first-order valence-electron chi connectivity index (χ1n) is 5.25. The molecule has 0 aromatic carbocycles. The number of carboxylic acids is 1. The molecular formula is C11H20NO3+. The number of aliphatic carboxylic acids is 1. The molecule has 4 nitrogen and oxygen atoms in total. The molecule has 0 aromatic heterocycles. The van der Waals surface area contributed by atoms with E-state index in [1.165, 1.54) is 0 Å². The highest BCUT2D eigenvalue weighted by molar-refractivity contribution is 5.67. The summed E-state index contributed by atoms with van der Waals surface area (Å²) in [5.41, 5.74) is 0. The monoisotopic (exact) mass is 214 g/mol. The van der Waals surface area contributed by atoms with Gasteiger partial charge in [-0.1, -0.05) is 0 Å². The lowest BCUT2D eigenvalue weighted by Gasteiger charge is -2.30. The standard InChI is InChI=1S/C11H19NO3/c1-12(2,3)8-10(7-11(13)14)15-9-5-4-6-9/h5,10H,4,6-8H2,1-3H3/p+1/t10-/m1/s1. The molecule has 1 N–H and O–H groups in total. The molecule has 0 unspecified atom stereocenters. The van der Waals surface area contributed by atoms with Crippen molar-refractivity contribution in [2.24, 2.45) is 0 Å². The highest BCUT2D eigenvalue weighted by Crippen LogP contribution is 2.22. The third-order valence-electron chi connectivity index (χ3n) is 2.23. The third-order valence-corrected chi connectivity index (χ3v) is 2.23. The summed E-state index contributed by atoms with van der Waals surface area (Å²) in [6, 6.07) is 0. The molecule has 0 heterocycles. The van der Waals surface area contributed by atoms with Gasteiger partial charge in [0.25, 0.3) is 0 Å². The van der Waals surface area contributed by atoms with Crippen LogP contribution in [0.5, 0.6) is 0 Å². The summed E-state index contributed by atoms with van der Waals surface area (Å²) < 4.78 is 6.35. The smallest absolute Gasteiger partial charge is 0.307 e. The third kappa shape index (κ3) is 4.83. The second-order valence-corrected chi connectivity index (χ2v) is 5.02. The molecule has 0 radical (unpaired) electrons. The Hall–Kier alpha value is -1.03. The summed E-state index contributed by atoms with van der Waals surface area (Å²) in [7, 11) is 6.11. The normalized spacial score (nSPS) is 17.7. The molecule has 1 atom stereocenters. The van der Waals surface area contributed by atoms with E-state index in [-0.39, 0.29) is 12.5 Å². The maximum Gasteiger partial charge on any atom is 0.307 e. The van der Waals surface area contributed by atoms with Crippen LogP contribution in [0.3, 0.4) is 0 Å². The number of ether oxygens (including phenoxy) is 1. The Morgan fingerprint density at radius 1 is 1.60 bits per heavy atom. The van der Waals surface area contributed by atoms with Gasteiger partial charge in [0.1, 0.15) is 6.54 Å². The van der Waals surface area contributed by atoms with Gasteiger partial charge in [0.15, 0.2) is 6.10 Å². The largest absolute Gasteiger partial charge is 0.489 e. The van der Waals surface area contributed by atoms with E-state index in [0.29, 0.717) is 11.0 Å². The van der Waals surface area contributed by atoms with Crippen LogP contribution in [-0.2, 0) is 9.53 Å². The summed E-state index contributed by atoms with van der Waals surface area (Å²) >= 11 is 0. The Balaban J connectivity index is 2.48. The van der Waals surface area contributed by atoms with Crippen LogP contribution in [0.15, 0.2) is 11.8 Å². The fraction of sp³-hybridized carbons (Fsp3) is 0.727. The first-order chi connectivity index (χ1) is 6.87. The second-order valence-electron chi connectivity index (χ2n) is 5.02. The number of carboxylic acid groups (broad SMARTS) is 1. The van der Waals surface area contributed by atoms with Crippen molar-refractivity contribution in [3.05, 3.63) is 11.8 Å². The fourth-order valence-electron chi connectivity index (χ4n) is 1.53. The Morgan fingerprint density at radius 3 is 2.53 bits per heavy atom. The second kappa shape index (κ2) is 4.66. The molecule has 1 aliphatic carbocycles. The van der Waals surface area contributed by atoms with Gasteiger partial charge in [-0.15, -0.1) is 0 Å². The van der Waals surface area contributed by atoms with Crippen LogP contribution in [-0.4, -0.2) is 49.4 Å². The zero-order valence-corrected chi connectivity index (χ0v) is 9.69. The topological polar surface area (TPSA) is 46.5 Å². The van der Waals surface area contributed by atoms with Crippen molar-refractivity contribution >= 4 is 5.97 Å². The highest BCUT2D eigenvalue weighted by atomic mass is 16.5. The lowest BCUT2D eigenvalue weighted by molar-refractivity contribution is -0.873. The van der Waals surface area contributed by atoms with Crippen molar-refractivity contribution in [1.82, 2.24) is 0 Å². The lowest BCUT2D eigenvalue weighted by Crippen LogP contribution is -2.43. The molecule has 1 aliphatic rings. The van der Waals surface area contributed by atoms with E-state index in [1.54, 1.807) is 0 Å². The van der Waals surface area contributed by atoms with Gasteiger partial charge >= 0.3 is 5.97 Å². The molecule has 0 spiro atoms. The van der Waals surface area contributed by atoms with Crippen molar-refractivity contribution in [2.45, 2.75) is 25.4 Å². The number of carbonyl (C=O) groups is 1. The van der Waals surface area contributed by atoms with Crippen LogP contribution in [0.1, 0.15) is 19.3 Å². The van der Waals surface area contributed by atoms with E-state index in [2.05, 4.69) is 0 Å². The molecular weight excluding hydrogens is 194 g/mol. The number of allylic oxidation sites excluding steroid dienone is 2. The highest BCUT2D eigenvalue weighted by Gasteiger charge is 2.24. The first kappa shape index (κ1) is 12.0. The van der Waals surface area contributed by atoms with Crippen LogP contribution in [0.25, 0.3) is 0 Å².